The molecule has 0 atom stereocenters. The summed E-state index contributed by atoms with van der Waals surface area (Å²) in [6, 6.07) is 0. The molecule has 0 fully saturated rings. The largest absolute Gasteiger partial charge is 0.354 e. The van der Waals surface area contributed by atoms with Crippen molar-refractivity contribution in [1.29, 1.82) is 0 Å². The number of amides is 1. The Hall–Kier alpha value is -1.39. The van der Waals surface area contributed by atoms with Gasteiger partial charge in [-0.3, -0.25) is 4.79 Å². The molecule has 0 aromatic carbocycles. The van der Waals surface area contributed by atoms with Crippen LogP contribution < -0.4 is 5.32 Å². The molecule has 13 heavy (non-hydrogen) atoms. The minimum atomic E-state index is -0.0285. The van der Waals surface area contributed by atoms with Crippen molar-refractivity contribution in [3.05, 3.63) is 12.4 Å². The van der Waals surface area contributed by atoms with Gasteiger partial charge in [-0.05, 0) is 5.92 Å². The van der Waals surface area contributed by atoms with E-state index in [1.807, 2.05) is 0 Å². The molecule has 5 nitrogen and oxygen atoms in total. The molecular formula is C8H14N4O. The molecule has 0 aliphatic heterocycles. The van der Waals surface area contributed by atoms with E-state index in [-0.39, 0.29) is 12.5 Å². The van der Waals surface area contributed by atoms with Crippen molar-refractivity contribution in [3.8, 4) is 0 Å². The van der Waals surface area contributed by atoms with Gasteiger partial charge in [0.25, 0.3) is 0 Å². The lowest BCUT2D eigenvalue weighted by Crippen LogP contribution is -2.30. The molecule has 0 radical (unpaired) electrons. The minimum absolute atomic E-state index is 0.0285. The van der Waals surface area contributed by atoms with E-state index in [4.69, 9.17) is 0 Å². The van der Waals surface area contributed by atoms with Crippen molar-refractivity contribution in [3.63, 3.8) is 0 Å². The number of carbonyl (C=O) groups is 1. The average molecular weight is 182 g/mol. The molecule has 0 unspecified atom stereocenters. The highest BCUT2D eigenvalue weighted by atomic mass is 16.2. The summed E-state index contributed by atoms with van der Waals surface area (Å²) in [7, 11) is 0. The van der Waals surface area contributed by atoms with Gasteiger partial charge in [-0.1, -0.05) is 19.1 Å². The van der Waals surface area contributed by atoms with Gasteiger partial charge in [0.1, 0.15) is 6.54 Å². The Morgan fingerprint density at radius 2 is 2.38 bits per heavy atom. The third-order valence-electron chi connectivity index (χ3n) is 1.49. The lowest BCUT2D eigenvalue weighted by Gasteiger charge is -2.06. The van der Waals surface area contributed by atoms with Crippen LogP contribution >= 0.6 is 0 Å². The topological polar surface area (TPSA) is 59.8 Å². The molecule has 1 rings (SSSR count). The van der Waals surface area contributed by atoms with Gasteiger partial charge < -0.3 is 5.32 Å². The lowest BCUT2D eigenvalue weighted by molar-refractivity contribution is -0.122. The van der Waals surface area contributed by atoms with E-state index in [1.54, 1.807) is 12.4 Å². The van der Waals surface area contributed by atoms with Crippen molar-refractivity contribution >= 4 is 5.91 Å². The Bertz CT molecular complexity index is 255. The van der Waals surface area contributed by atoms with Gasteiger partial charge >= 0.3 is 0 Å². The molecule has 0 saturated carbocycles. The molecule has 1 heterocycles. The van der Waals surface area contributed by atoms with Crippen LogP contribution in [0.1, 0.15) is 13.8 Å². The smallest absolute Gasteiger partial charge is 0.241 e. The van der Waals surface area contributed by atoms with E-state index in [1.165, 1.54) is 4.68 Å². The zero-order chi connectivity index (χ0) is 9.68. The predicted molar refractivity (Wildman–Crippen MR) is 47.9 cm³/mol. The van der Waals surface area contributed by atoms with Crippen LogP contribution in [0.4, 0.5) is 0 Å². The third kappa shape index (κ3) is 3.68. The summed E-state index contributed by atoms with van der Waals surface area (Å²) in [5.74, 6) is 0.443. The first-order valence-electron chi connectivity index (χ1n) is 4.29. The summed E-state index contributed by atoms with van der Waals surface area (Å²) < 4.78 is 1.50. The van der Waals surface area contributed by atoms with Gasteiger partial charge in [-0.15, -0.1) is 5.10 Å². The standard InChI is InChI=1S/C8H14N4O/c1-7(2)5-9-8(13)6-12-4-3-10-11-12/h3-4,7H,5-6H2,1-2H3,(H,9,13). The number of rotatable bonds is 4. The molecule has 0 spiro atoms. The number of nitrogens with zero attached hydrogens (tertiary/aromatic N) is 3. The zero-order valence-corrected chi connectivity index (χ0v) is 7.90. The van der Waals surface area contributed by atoms with E-state index >= 15 is 0 Å². The van der Waals surface area contributed by atoms with Crippen LogP contribution in [-0.2, 0) is 11.3 Å². The molecule has 1 aromatic heterocycles. The predicted octanol–water partition coefficient (Wildman–Crippen LogP) is 0.0503. The zero-order valence-electron chi connectivity index (χ0n) is 7.90. The third-order valence-corrected chi connectivity index (χ3v) is 1.49. The van der Waals surface area contributed by atoms with Crippen LogP contribution in [0, 0.1) is 5.92 Å². The summed E-state index contributed by atoms with van der Waals surface area (Å²) in [5, 5.41) is 10.1. The van der Waals surface area contributed by atoms with Crippen LogP contribution in [0.2, 0.25) is 0 Å². The monoisotopic (exact) mass is 182 g/mol. The fraction of sp³-hybridized carbons (Fsp3) is 0.625. The van der Waals surface area contributed by atoms with Crippen molar-refractivity contribution < 1.29 is 4.79 Å². The Morgan fingerprint density at radius 3 is 2.92 bits per heavy atom. The summed E-state index contributed by atoms with van der Waals surface area (Å²) in [5.41, 5.74) is 0. The molecule has 72 valence electrons. The molecule has 0 aliphatic carbocycles. The first kappa shape index (κ1) is 9.70. The van der Waals surface area contributed by atoms with Crippen LogP contribution in [0.5, 0.6) is 0 Å². The second-order valence-electron chi connectivity index (χ2n) is 3.30. The van der Waals surface area contributed by atoms with Crippen LogP contribution in [0.3, 0.4) is 0 Å². The molecule has 5 heteroatoms. The lowest BCUT2D eigenvalue weighted by atomic mass is 10.2. The van der Waals surface area contributed by atoms with Crippen molar-refractivity contribution in [2.45, 2.75) is 20.4 Å². The molecule has 0 aliphatic rings. The summed E-state index contributed by atoms with van der Waals surface area (Å²) in [6.45, 7) is 5.05. The molecule has 0 saturated heterocycles. The van der Waals surface area contributed by atoms with Crippen molar-refractivity contribution in [2.24, 2.45) is 5.92 Å². The Labute approximate surface area is 77.1 Å². The molecular weight excluding hydrogens is 168 g/mol. The van der Waals surface area contributed by atoms with Gasteiger partial charge in [0.15, 0.2) is 0 Å². The van der Waals surface area contributed by atoms with Crippen molar-refractivity contribution in [1.82, 2.24) is 20.3 Å². The van der Waals surface area contributed by atoms with Gasteiger partial charge in [0, 0.05) is 12.7 Å². The number of hydrogen-bond donors (Lipinski definition) is 1. The van der Waals surface area contributed by atoms with E-state index < -0.39 is 0 Å². The highest BCUT2D eigenvalue weighted by Gasteiger charge is 2.02. The SMILES string of the molecule is CC(C)CNC(=O)Cn1ccnn1. The van der Waals surface area contributed by atoms with E-state index in [0.717, 1.165) is 0 Å². The minimum Gasteiger partial charge on any atom is -0.354 e. The maximum absolute atomic E-state index is 11.2. The number of carbonyl (C=O) groups excluding carboxylic acids is 1. The summed E-state index contributed by atoms with van der Waals surface area (Å²) in [4.78, 5) is 11.2. The molecule has 1 N–H and O–H groups in total. The van der Waals surface area contributed by atoms with E-state index in [2.05, 4.69) is 29.5 Å². The molecule has 1 amide bonds. The highest BCUT2D eigenvalue weighted by Crippen LogP contribution is 1.87. The molecule has 0 bridgehead atoms. The maximum Gasteiger partial charge on any atom is 0.241 e. The second kappa shape index (κ2) is 4.59. The maximum atomic E-state index is 11.2. The number of aromatic nitrogens is 3. The number of hydrogen-bond acceptors (Lipinski definition) is 3. The van der Waals surface area contributed by atoms with Crippen molar-refractivity contribution in [2.75, 3.05) is 6.54 Å². The van der Waals surface area contributed by atoms with Crippen LogP contribution in [0.15, 0.2) is 12.4 Å². The number of nitrogens with one attached hydrogen (secondary N) is 1. The summed E-state index contributed by atoms with van der Waals surface area (Å²) >= 11 is 0. The normalized spacial score (nSPS) is 10.4. The molecule has 1 aromatic rings. The van der Waals surface area contributed by atoms with Crippen LogP contribution in [0.25, 0.3) is 0 Å². The van der Waals surface area contributed by atoms with Gasteiger partial charge in [-0.2, -0.15) is 0 Å². The first-order chi connectivity index (χ1) is 6.18. The Kier molecular flexibility index (Phi) is 3.42. The fourth-order valence-electron chi connectivity index (χ4n) is 0.838. The van der Waals surface area contributed by atoms with Gasteiger partial charge in [0.05, 0.1) is 6.20 Å². The quantitative estimate of drug-likeness (QED) is 0.715. The van der Waals surface area contributed by atoms with Crippen LogP contribution in [-0.4, -0.2) is 27.4 Å². The van der Waals surface area contributed by atoms with Gasteiger partial charge in [0.2, 0.25) is 5.91 Å². The highest BCUT2D eigenvalue weighted by molar-refractivity contribution is 5.75. The first-order valence-corrected chi connectivity index (χ1v) is 4.29. The van der Waals surface area contributed by atoms with E-state index in [0.29, 0.717) is 12.5 Å². The Morgan fingerprint density at radius 1 is 1.62 bits per heavy atom. The average Bonchev–Trinajstić information content (AvgIpc) is 2.53. The summed E-state index contributed by atoms with van der Waals surface area (Å²) in [6.07, 6.45) is 3.21. The fourth-order valence-corrected chi connectivity index (χ4v) is 0.838. The Balaban J connectivity index is 2.26. The second-order valence-corrected chi connectivity index (χ2v) is 3.30. The van der Waals surface area contributed by atoms with E-state index in [9.17, 15) is 4.79 Å². The van der Waals surface area contributed by atoms with Gasteiger partial charge in [-0.25, -0.2) is 4.68 Å².